The minimum atomic E-state index is -1.04. The van der Waals surface area contributed by atoms with E-state index in [1.165, 1.54) is 4.90 Å². The van der Waals surface area contributed by atoms with Gasteiger partial charge in [-0.25, -0.2) is 4.79 Å². The Morgan fingerprint density at radius 2 is 1.67 bits per heavy atom. The van der Waals surface area contributed by atoms with E-state index < -0.39 is 29.9 Å². The fourth-order valence-electron chi connectivity index (χ4n) is 3.18. The van der Waals surface area contributed by atoms with Crippen LogP contribution < -0.4 is 0 Å². The number of ether oxygens (including phenoxy) is 1. The van der Waals surface area contributed by atoms with Crippen molar-refractivity contribution in [1.29, 1.82) is 0 Å². The normalized spacial score (nSPS) is 42.0. The highest BCUT2D eigenvalue weighted by Crippen LogP contribution is 2.49. The summed E-state index contributed by atoms with van der Waals surface area (Å²) in [6, 6.07) is -0.701. The lowest BCUT2D eigenvalue weighted by atomic mass is 9.81. The molecule has 0 saturated carbocycles. The van der Waals surface area contributed by atoms with Crippen LogP contribution in [0.3, 0.4) is 0 Å². The number of fused-ring (bicyclic) bond motifs is 5. The number of amides is 1. The topological polar surface area (TPSA) is 83.9 Å². The lowest BCUT2D eigenvalue weighted by molar-refractivity contribution is -0.155. The number of nitrogens with zero attached hydrogens (tertiary/aromatic N) is 1. The third-order valence-electron chi connectivity index (χ3n) is 3.66. The Morgan fingerprint density at radius 1 is 1.20 bits per heavy atom. The summed E-state index contributed by atoms with van der Waals surface area (Å²) < 4.78 is 4.54. The minimum absolute atomic E-state index is 0.351. The van der Waals surface area contributed by atoms with E-state index in [0.29, 0.717) is 12.8 Å². The van der Waals surface area contributed by atoms with Gasteiger partial charge < -0.3 is 14.7 Å². The fraction of sp³-hybridized carbons (Fsp3) is 0.667. The van der Waals surface area contributed by atoms with Crippen molar-refractivity contribution in [3.63, 3.8) is 0 Å². The van der Waals surface area contributed by atoms with E-state index in [4.69, 9.17) is 5.11 Å². The van der Waals surface area contributed by atoms with Crippen LogP contribution in [0.2, 0.25) is 0 Å². The molecule has 1 amide bonds. The number of esters is 2. The predicted molar refractivity (Wildman–Crippen MR) is 44.8 cm³/mol. The molecule has 6 heteroatoms. The molecule has 0 aromatic heterocycles. The van der Waals surface area contributed by atoms with Crippen molar-refractivity contribution < 1.29 is 24.2 Å². The highest BCUT2D eigenvalue weighted by atomic mass is 16.6. The van der Waals surface area contributed by atoms with Crippen LogP contribution in [0.25, 0.3) is 0 Å². The van der Waals surface area contributed by atoms with Crippen LogP contribution in [0.4, 0.5) is 4.79 Å². The molecule has 3 saturated heterocycles. The Balaban J connectivity index is 2.02. The molecule has 6 nitrogen and oxygen atoms in total. The van der Waals surface area contributed by atoms with E-state index in [-0.39, 0.29) is 12.1 Å². The van der Waals surface area contributed by atoms with Gasteiger partial charge in [0, 0.05) is 12.1 Å². The molecule has 0 aromatic carbocycles. The van der Waals surface area contributed by atoms with Gasteiger partial charge in [-0.1, -0.05) is 0 Å². The first-order valence-corrected chi connectivity index (χ1v) is 4.88. The lowest BCUT2D eigenvalue weighted by Crippen LogP contribution is -2.37. The number of carboxylic acid groups (broad SMARTS) is 1. The molecule has 0 spiro atoms. The molecular formula is C9H9NO5. The molecule has 1 N–H and O–H groups in total. The van der Waals surface area contributed by atoms with E-state index >= 15 is 0 Å². The highest BCUT2D eigenvalue weighted by molar-refractivity contribution is 5.99. The molecule has 3 rings (SSSR count). The molecule has 4 unspecified atom stereocenters. The molecule has 4 atom stereocenters. The summed E-state index contributed by atoms with van der Waals surface area (Å²) in [5.41, 5.74) is 0. The average molecular weight is 211 g/mol. The Bertz CT molecular complexity index is 351. The molecule has 0 aromatic rings. The van der Waals surface area contributed by atoms with E-state index in [9.17, 15) is 14.4 Å². The summed E-state index contributed by atoms with van der Waals surface area (Å²) in [7, 11) is 0. The number of carbonyl (C=O) groups excluding carboxylic acids is 2. The standard InChI is InChI=1S/C9H9NO5/c11-7-5-3-1-2-4(10(3)9(13)14)6(5)8(12)15-7/h3-6H,1-2H2,(H,13,14). The van der Waals surface area contributed by atoms with Crippen LogP contribution in [0.5, 0.6) is 0 Å². The summed E-state index contributed by atoms with van der Waals surface area (Å²) >= 11 is 0. The Labute approximate surface area is 84.8 Å². The van der Waals surface area contributed by atoms with Crippen LogP contribution in [-0.2, 0) is 14.3 Å². The molecule has 2 bridgehead atoms. The lowest BCUT2D eigenvalue weighted by Gasteiger charge is -2.19. The minimum Gasteiger partial charge on any atom is -0.465 e. The van der Waals surface area contributed by atoms with Gasteiger partial charge in [0.25, 0.3) is 0 Å². The second-order valence-electron chi connectivity index (χ2n) is 4.19. The van der Waals surface area contributed by atoms with Gasteiger partial charge in [-0.3, -0.25) is 9.59 Å². The maximum absolute atomic E-state index is 11.4. The van der Waals surface area contributed by atoms with Crippen LogP contribution in [0.1, 0.15) is 12.8 Å². The zero-order valence-electron chi connectivity index (χ0n) is 7.75. The summed E-state index contributed by atoms with van der Waals surface area (Å²) in [4.78, 5) is 35.0. The quantitative estimate of drug-likeness (QED) is 0.444. The molecule has 3 aliphatic heterocycles. The largest absolute Gasteiger partial charge is 0.465 e. The third kappa shape index (κ3) is 0.866. The summed E-state index contributed by atoms with van der Waals surface area (Å²) in [6.45, 7) is 0. The maximum Gasteiger partial charge on any atom is 0.407 e. The van der Waals surface area contributed by atoms with Gasteiger partial charge in [0.05, 0.1) is 11.8 Å². The number of hydrogen-bond donors (Lipinski definition) is 1. The Kier molecular flexibility index (Phi) is 1.45. The molecule has 3 heterocycles. The van der Waals surface area contributed by atoms with Crippen molar-refractivity contribution in [2.24, 2.45) is 11.8 Å². The van der Waals surface area contributed by atoms with Crippen molar-refractivity contribution in [2.75, 3.05) is 0 Å². The maximum atomic E-state index is 11.4. The Morgan fingerprint density at radius 3 is 2.07 bits per heavy atom. The molecule has 3 aliphatic rings. The van der Waals surface area contributed by atoms with Crippen LogP contribution in [0.15, 0.2) is 0 Å². The van der Waals surface area contributed by atoms with Crippen molar-refractivity contribution in [3.05, 3.63) is 0 Å². The molecule has 0 radical (unpaired) electrons. The number of hydrogen-bond acceptors (Lipinski definition) is 4. The Hall–Kier alpha value is -1.59. The van der Waals surface area contributed by atoms with Gasteiger partial charge in [0.1, 0.15) is 0 Å². The molecule has 3 fully saturated rings. The predicted octanol–water partition coefficient (Wildman–Crippen LogP) is -0.173. The highest BCUT2D eigenvalue weighted by Gasteiger charge is 2.65. The fourth-order valence-corrected chi connectivity index (χ4v) is 3.18. The first-order valence-electron chi connectivity index (χ1n) is 4.88. The van der Waals surface area contributed by atoms with Crippen molar-refractivity contribution in [1.82, 2.24) is 4.90 Å². The molecule has 15 heavy (non-hydrogen) atoms. The van der Waals surface area contributed by atoms with E-state index in [0.717, 1.165) is 0 Å². The molecule has 80 valence electrons. The average Bonchev–Trinajstić information content (AvgIpc) is 2.77. The van der Waals surface area contributed by atoms with Gasteiger partial charge in [-0.05, 0) is 12.8 Å². The van der Waals surface area contributed by atoms with Gasteiger partial charge in [-0.15, -0.1) is 0 Å². The first kappa shape index (κ1) is 8.70. The first-order chi connectivity index (χ1) is 7.11. The van der Waals surface area contributed by atoms with E-state index in [1.807, 2.05) is 0 Å². The smallest absolute Gasteiger partial charge is 0.407 e. The molecule has 0 aliphatic carbocycles. The van der Waals surface area contributed by atoms with E-state index in [2.05, 4.69) is 4.74 Å². The summed E-state index contributed by atoms with van der Waals surface area (Å²) in [6.07, 6.45) is 0.263. The monoisotopic (exact) mass is 211 g/mol. The number of cyclic esters (lactones) is 2. The number of carbonyl (C=O) groups is 3. The zero-order chi connectivity index (χ0) is 10.7. The summed E-state index contributed by atoms with van der Waals surface area (Å²) in [5.74, 6) is -2.20. The van der Waals surface area contributed by atoms with Crippen molar-refractivity contribution in [2.45, 2.75) is 24.9 Å². The van der Waals surface area contributed by atoms with Gasteiger partial charge >= 0.3 is 18.0 Å². The number of rotatable bonds is 0. The zero-order valence-corrected chi connectivity index (χ0v) is 7.75. The van der Waals surface area contributed by atoms with Gasteiger partial charge in [0.15, 0.2) is 0 Å². The van der Waals surface area contributed by atoms with Gasteiger partial charge in [-0.2, -0.15) is 0 Å². The SMILES string of the molecule is O=C1OC(=O)C2C1C1CCC2N1C(=O)O. The molecular weight excluding hydrogens is 202 g/mol. The second kappa shape index (κ2) is 2.50. The van der Waals surface area contributed by atoms with Gasteiger partial charge in [0.2, 0.25) is 0 Å². The van der Waals surface area contributed by atoms with Crippen LogP contribution in [0, 0.1) is 11.8 Å². The third-order valence-corrected chi connectivity index (χ3v) is 3.66. The van der Waals surface area contributed by atoms with Crippen molar-refractivity contribution >= 4 is 18.0 Å². The van der Waals surface area contributed by atoms with Crippen LogP contribution >= 0.6 is 0 Å². The van der Waals surface area contributed by atoms with Crippen LogP contribution in [-0.4, -0.2) is 40.1 Å². The summed E-state index contributed by atoms with van der Waals surface area (Å²) in [5, 5.41) is 8.98. The second-order valence-corrected chi connectivity index (χ2v) is 4.19. The van der Waals surface area contributed by atoms with E-state index in [1.54, 1.807) is 0 Å². The van der Waals surface area contributed by atoms with Crippen molar-refractivity contribution in [3.8, 4) is 0 Å².